The summed E-state index contributed by atoms with van der Waals surface area (Å²) in [6.07, 6.45) is 0.734. The largest absolute Gasteiger partial charge is 0.388 e. The van der Waals surface area contributed by atoms with Crippen molar-refractivity contribution in [1.29, 1.82) is 0 Å². The fraction of sp³-hybridized carbons (Fsp3) is 0.214. The Morgan fingerprint density at radius 3 is 2.50 bits per heavy atom. The van der Waals surface area contributed by atoms with Crippen LogP contribution in [0, 0.1) is 11.6 Å². The van der Waals surface area contributed by atoms with Crippen LogP contribution in [0.15, 0.2) is 41.0 Å². The molecule has 0 fully saturated rings. The van der Waals surface area contributed by atoms with E-state index in [2.05, 4.69) is 26.6 Å². The van der Waals surface area contributed by atoms with E-state index in [1.54, 1.807) is 18.3 Å². The highest BCUT2D eigenvalue weighted by Crippen LogP contribution is 2.21. The number of nitrogens with two attached hydrogens (primary N) is 1. The summed E-state index contributed by atoms with van der Waals surface area (Å²) < 4.78 is 27.0. The van der Waals surface area contributed by atoms with Gasteiger partial charge < -0.3 is 10.8 Å². The van der Waals surface area contributed by atoms with E-state index in [-0.39, 0.29) is 12.0 Å². The number of pyridine rings is 1. The van der Waals surface area contributed by atoms with Gasteiger partial charge in [-0.3, -0.25) is 4.98 Å². The topological polar surface area (TPSA) is 59.1 Å². The Kier molecular flexibility index (Phi) is 6.70. The minimum absolute atomic E-state index is 0.0705. The molecular formula is C14H15BrF2N2O. The van der Waals surface area contributed by atoms with Crippen molar-refractivity contribution >= 4 is 15.9 Å². The third kappa shape index (κ3) is 4.63. The average molecular weight is 345 g/mol. The molecule has 3 N–H and O–H groups in total. The molecule has 0 saturated carbocycles. The van der Waals surface area contributed by atoms with Crippen LogP contribution < -0.4 is 5.73 Å². The molecule has 2 aromatic rings. The van der Waals surface area contributed by atoms with Crippen molar-refractivity contribution < 1.29 is 13.9 Å². The van der Waals surface area contributed by atoms with Crippen molar-refractivity contribution in [2.75, 3.05) is 7.05 Å². The predicted octanol–water partition coefficient (Wildman–Crippen LogP) is 2.97. The molecule has 1 aromatic heterocycles. The number of aliphatic hydroxyl groups excluding tert-OH is 1. The molecule has 1 aromatic carbocycles. The van der Waals surface area contributed by atoms with Crippen molar-refractivity contribution in [2.45, 2.75) is 12.5 Å². The highest BCUT2D eigenvalue weighted by Gasteiger charge is 2.14. The normalized spacial score (nSPS) is 11.5. The van der Waals surface area contributed by atoms with Crippen LogP contribution in [-0.2, 0) is 6.42 Å². The van der Waals surface area contributed by atoms with E-state index >= 15 is 0 Å². The summed E-state index contributed by atoms with van der Waals surface area (Å²) in [5, 5.41) is 9.90. The average Bonchev–Trinajstić information content (AvgIpc) is 2.43. The molecule has 0 saturated heterocycles. The molecule has 1 unspecified atom stereocenters. The zero-order valence-corrected chi connectivity index (χ0v) is 12.4. The lowest BCUT2D eigenvalue weighted by Crippen LogP contribution is -2.05. The summed E-state index contributed by atoms with van der Waals surface area (Å²) in [5.41, 5.74) is 5.20. The molecule has 1 heterocycles. The molecule has 0 bridgehead atoms. The van der Waals surface area contributed by atoms with Gasteiger partial charge in [-0.15, -0.1) is 0 Å². The smallest absolute Gasteiger partial charge is 0.131 e. The second-order valence-electron chi connectivity index (χ2n) is 3.85. The Morgan fingerprint density at radius 1 is 1.25 bits per heavy atom. The lowest BCUT2D eigenvalue weighted by Gasteiger charge is -2.11. The maximum atomic E-state index is 13.4. The van der Waals surface area contributed by atoms with E-state index in [0.717, 1.165) is 16.6 Å². The number of nitrogens with zero attached hydrogens (tertiary/aromatic N) is 1. The highest BCUT2D eigenvalue weighted by atomic mass is 79.9. The molecule has 0 aliphatic heterocycles. The first kappa shape index (κ1) is 16.7. The zero-order chi connectivity index (χ0) is 15.1. The quantitative estimate of drug-likeness (QED) is 0.899. The standard InChI is InChI=1S/C13H10BrF2NO.CH5N/c14-8-1-3-10(17-7-8)6-13(18)11-4-2-9(15)5-12(11)16;1-2/h1-5,7,13,18H,6H2;2H2,1H3. The Hall–Kier alpha value is -1.37. The Bertz CT molecular complexity index is 549. The van der Waals surface area contributed by atoms with Gasteiger partial charge in [-0.2, -0.15) is 0 Å². The van der Waals surface area contributed by atoms with Crippen molar-refractivity contribution in [3.63, 3.8) is 0 Å². The number of halogens is 3. The Morgan fingerprint density at radius 2 is 1.95 bits per heavy atom. The summed E-state index contributed by atoms with van der Waals surface area (Å²) in [5.74, 6) is -1.41. The molecule has 0 aliphatic rings. The number of rotatable bonds is 3. The molecule has 2 rings (SSSR count). The third-order valence-electron chi connectivity index (χ3n) is 2.51. The van der Waals surface area contributed by atoms with Gasteiger partial charge in [-0.25, -0.2) is 8.78 Å². The van der Waals surface area contributed by atoms with E-state index in [4.69, 9.17) is 0 Å². The maximum absolute atomic E-state index is 13.4. The molecule has 3 nitrogen and oxygen atoms in total. The first-order valence-corrected chi connectivity index (χ1v) is 6.67. The number of hydrogen-bond acceptors (Lipinski definition) is 3. The molecule has 6 heteroatoms. The van der Waals surface area contributed by atoms with E-state index in [1.165, 1.54) is 13.1 Å². The zero-order valence-electron chi connectivity index (χ0n) is 10.9. The van der Waals surface area contributed by atoms with Gasteiger partial charge in [0, 0.05) is 34.4 Å². The fourth-order valence-electron chi connectivity index (χ4n) is 1.61. The van der Waals surface area contributed by atoms with Crippen LogP contribution in [0.2, 0.25) is 0 Å². The minimum Gasteiger partial charge on any atom is -0.388 e. The van der Waals surface area contributed by atoms with Crippen molar-refractivity contribution in [3.05, 3.63) is 63.9 Å². The van der Waals surface area contributed by atoms with Gasteiger partial charge in [0.05, 0.1) is 6.10 Å². The highest BCUT2D eigenvalue weighted by molar-refractivity contribution is 9.10. The van der Waals surface area contributed by atoms with E-state index < -0.39 is 17.7 Å². The van der Waals surface area contributed by atoms with Crippen LogP contribution in [0.25, 0.3) is 0 Å². The van der Waals surface area contributed by atoms with Crippen molar-refractivity contribution in [3.8, 4) is 0 Å². The Balaban J connectivity index is 0.000000956. The molecule has 0 amide bonds. The molecular weight excluding hydrogens is 330 g/mol. The first-order valence-electron chi connectivity index (χ1n) is 5.87. The van der Waals surface area contributed by atoms with E-state index in [1.807, 2.05) is 0 Å². The number of aliphatic hydroxyl groups is 1. The van der Waals surface area contributed by atoms with Crippen molar-refractivity contribution in [1.82, 2.24) is 4.98 Å². The van der Waals surface area contributed by atoms with Crippen LogP contribution in [-0.4, -0.2) is 17.1 Å². The second-order valence-corrected chi connectivity index (χ2v) is 4.77. The molecule has 0 radical (unpaired) electrons. The Labute approximate surface area is 124 Å². The minimum atomic E-state index is -1.04. The molecule has 0 aliphatic carbocycles. The summed E-state index contributed by atoms with van der Waals surface area (Å²) in [6.45, 7) is 0. The predicted molar refractivity (Wildman–Crippen MR) is 77.1 cm³/mol. The van der Waals surface area contributed by atoms with Gasteiger partial charge in [-0.1, -0.05) is 6.07 Å². The van der Waals surface area contributed by atoms with Crippen LogP contribution in [0.5, 0.6) is 0 Å². The van der Waals surface area contributed by atoms with Gasteiger partial charge >= 0.3 is 0 Å². The van der Waals surface area contributed by atoms with E-state index in [9.17, 15) is 13.9 Å². The number of benzene rings is 1. The second kappa shape index (κ2) is 8.04. The van der Waals surface area contributed by atoms with Crippen LogP contribution >= 0.6 is 15.9 Å². The fourth-order valence-corrected chi connectivity index (χ4v) is 1.84. The lowest BCUT2D eigenvalue weighted by atomic mass is 10.0. The van der Waals surface area contributed by atoms with Crippen LogP contribution in [0.4, 0.5) is 8.78 Å². The van der Waals surface area contributed by atoms with Gasteiger partial charge in [0.25, 0.3) is 0 Å². The van der Waals surface area contributed by atoms with Crippen LogP contribution in [0.1, 0.15) is 17.4 Å². The molecule has 108 valence electrons. The van der Waals surface area contributed by atoms with Crippen molar-refractivity contribution in [2.24, 2.45) is 5.73 Å². The number of hydrogen-bond donors (Lipinski definition) is 2. The van der Waals surface area contributed by atoms with Gasteiger partial charge in [0.15, 0.2) is 0 Å². The summed E-state index contributed by atoms with van der Waals surface area (Å²) >= 11 is 3.25. The SMILES string of the molecule is CN.OC(Cc1ccc(Br)cn1)c1ccc(F)cc1F. The molecule has 20 heavy (non-hydrogen) atoms. The van der Waals surface area contributed by atoms with Gasteiger partial charge in [-0.05, 0) is 41.2 Å². The van der Waals surface area contributed by atoms with E-state index in [0.29, 0.717) is 5.69 Å². The lowest BCUT2D eigenvalue weighted by molar-refractivity contribution is 0.172. The van der Waals surface area contributed by atoms with Gasteiger partial charge in [0.2, 0.25) is 0 Å². The third-order valence-corrected chi connectivity index (χ3v) is 2.98. The maximum Gasteiger partial charge on any atom is 0.131 e. The monoisotopic (exact) mass is 344 g/mol. The van der Waals surface area contributed by atoms with Gasteiger partial charge in [0.1, 0.15) is 11.6 Å². The summed E-state index contributed by atoms with van der Waals surface area (Å²) in [6, 6.07) is 6.64. The van der Waals surface area contributed by atoms with Crippen LogP contribution in [0.3, 0.4) is 0 Å². The number of aromatic nitrogens is 1. The summed E-state index contributed by atoms with van der Waals surface area (Å²) in [7, 11) is 1.50. The molecule has 0 spiro atoms. The summed E-state index contributed by atoms with van der Waals surface area (Å²) in [4.78, 5) is 4.09. The first-order chi connectivity index (χ1) is 9.56. The molecule has 1 atom stereocenters.